The highest BCUT2D eigenvalue weighted by atomic mass is 16.3. The van der Waals surface area contributed by atoms with Gasteiger partial charge in [0.2, 0.25) is 0 Å². The van der Waals surface area contributed by atoms with Crippen LogP contribution in [0.5, 0.6) is 0 Å². The number of piperidine rings is 1. The number of aliphatic hydroxyl groups excluding tert-OH is 1. The Hall–Kier alpha value is -1.39. The zero-order valence-corrected chi connectivity index (χ0v) is 12.7. The second-order valence-electron chi connectivity index (χ2n) is 6.10. The van der Waals surface area contributed by atoms with Crippen LogP contribution in [0, 0.1) is 5.92 Å². The van der Waals surface area contributed by atoms with Crippen LogP contribution in [-0.2, 0) is 6.42 Å². The molecule has 0 radical (unpaired) electrons. The number of benzene rings is 1. The van der Waals surface area contributed by atoms with E-state index in [9.17, 15) is 5.11 Å². The number of aryl methyl sites for hydroxylation is 1. The Kier molecular flexibility index (Phi) is 4.56. The number of aliphatic hydroxyl groups is 1. The lowest BCUT2D eigenvalue weighted by molar-refractivity contribution is 0.0715. The average Bonchev–Trinajstić information content (AvgIpc) is 2.90. The molecule has 1 fully saturated rings. The highest BCUT2D eigenvalue weighted by Gasteiger charge is 2.22. The summed E-state index contributed by atoms with van der Waals surface area (Å²) < 4.78 is 5.74. The Morgan fingerprint density at radius 3 is 2.81 bits per heavy atom. The predicted octanol–water partition coefficient (Wildman–Crippen LogP) is 2.85. The molecule has 1 aromatic heterocycles. The summed E-state index contributed by atoms with van der Waals surface area (Å²) >= 11 is 0. The molecule has 0 amide bonds. The Labute approximate surface area is 125 Å². The lowest BCUT2D eigenvalue weighted by Gasteiger charge is -2.33. The van der Waals surface area contributed by atoms with Gasteiger partial charge in [-0.2, -0.15) is 0 Å². The van der Waals surface area contributed by atoms with E-state index in [1.807, 2.05) is 31.2 Å². The van der Waals surface area contributed by atoms with Crippen LogP contribution in [0.25, 0.3) is 11.1 Å². The molecule has 2 aromatic rings. The van der Waals surface area contributed by atoms with Crippen molar-refractivity contribution in [3.8, 4) is 0 Å². The molecule has 1 aromatic carbocycles. The predicted molar refractivity (Wildman–Crippen MR) is 83.2 cm³/mol. The standard InChI is InChI=1S/C17H24N2O2/c1-13(20)14-8-11-19(12-9-14)10-4-7-17-18-15-5-2-3-6-16(15)21-17/h2-3,5-6,13-14,20H,4,7-12H2,1H3. The molecule has 1 unspecified atom stereocenters. The van der Waals surface area contributed by atoms with Crippen molar-refractivity contribution in [2.45, 2.75) is 38.7 Å². The molecule has 0 spiro atoms. The number of nitrogens with zero attached hydrogens (tertiary/aromatic N) is 2. The van der Waals surface area contributed by atoms with Crippen molar-refractivity contribution in [1.29, 1.82) is 0 Å². The third kappa shape index (κ3) is 3.63. The van der Waals surface area contributed by atoms with Crippen LogP contribution in [0.1, 0.15) is 32.1 Å². The van der Waals surface area contributed by atoms with Gasteiger partial charge in [-0.1, -0.05) is 12.1 Å². The van der Waals surface area contributed by atoms with Crippen LogP contribution in [0.15, 0.2) is 28.7 Å². The number of para-hydroxylation sites is 2. The molecule has 1 atom stereocenters. The largest absolute Gasteiger partial charge is 0.441 e. The molecule has 0 bridgehead atoms. The molecule has 21 heavy (non-hydrogen) atoms. The maximum absolute atomic E-state index is 9.62. The van der Waals surface area contributed by atoms with E-state index in [2.05, 4.69) is 9.88 Å². The second-order valence-corrected chi connectivity index (χ2v) is 6.10. The van der Waals surface area contributed by atoms with E-state index in [1.165, 1.54) is 0 Å². The molecule has 4 heteroatoms. The Balaban J connectivity index is 1.44. The smallest absolute Gasteiger partial charge is 0.195 e. The Morgan fingerprint density at radius 1 is 1.33 bits per heavy atom. The molecule has 114 valence electrons. The summed E-state index contributed by atoms with van der Waals surface area (Å²) in [5, 5.41) is 9.62. The molecule has 0 saturated carbocycles. The second kappa shape index (κ2) is 6.58. The highest BCUT2D eigenvalue weighted by Crippen LogP contribution is 2.21. The number of fused-ring (bicyclic) bond motifs is 1. The number of hydrogen-bond acceptors (Lipinski definition) is 4. The van der Waals surface area contributed by atoms with Crippen molar-refractivity contribution in [2.75, 3.05) is 19.6 Å². The lowest BCUT2D eigenvalue weighted by atomic mass is 9.92. The average molecular weight is 288 g/mol. The minimum Gasteiger partial charge on any atom is -0.441 e. The summed E-state index contributed by atoms with van der Waals surface area (Å²) in [6.07, 6.45) is 4.03. The first-order valence-electron chi connectivity index (χ1n) is 7.97. The molecule has 1 saturated heterocycles. The SMILES string of the molecule is CC(O)C1CCN(CCCc2nc3ccccc3o2)CC1. The molecule has 2 heterocycles. The summed E-state index contributed by atoms with van der Waals surface area (Å²) in [7, 11) is 0. The van der Waals surface area contributed by atoms with Gasteiger partial charge >= 0.3 is 0 Å². The van der Waals surface area contributed by atoms with Gasteiger partial charge in [-0.05, 0) is 63.9 Å². The van der Waals surface area contributed by atoms with E-state index in [-0.39, 0.29) is 6.10 Å². The van der Waals surface area contributed by atoms with Crippen LogP contribution in [0.3, 0.4) is 0 Å². The zero-order chi connectivity index (χ0) is 14.7. The molecule has 0 aliphatic carbocycles. The van der Waals surface area contributed by atoms with Gasteiger partial charge in [-0.3, -0.25) is 0 Å². The topological polar surface area (TPSA) is 49.5 Å². The highest BCUT2D eigenvalue weighted by molar-refractivity contribution is 5.72. The van der Waals surface area contributed by atoms with E-state index >= 15 is 0 Å². The van der Waals surface area contributed by atoms with E-state index in [4.69, 9.17) is 4.42 Å². The van der Waals surface area contributed by atoms with Crippen molar-refractivity contribution in [2.24, 2.45) is 5.92 Å². The first-order chi connectivity index (χ1) is 10.2. The van der Waals surface area contributed by atoms with Crippen LogP contribution < -0.4 is 0 Å². The van der Waals surface area contributed by atoms with Crippen LogP contribution in [-0.4, -0.2) is 40.7 Å². The summed E-state index contributed by atoms with van der Waals surface area (Å²) in [5.41, 5.74) is 1.83. The number of oxazole rings is 1. The minimum absolute atomic E-state index is 0.160. The van der Waals surface area contributed by atoms with Crippen molar-refractivity contribution >= 4 is 11.1 Å². The third-order valence-corrected chi connectivity index (χ3v) is 4.52. The molecular formula is C17H24N2O2. The normalized spacial score (nSPS) is 19.1. The van der Waals surface area contributed by atoms with Gasteiger partial charge in [-0.25, -0.2) is 4.98 Å². The van der Waals surface area contributed by atoms with Gasteiger partial charge in [0.15, 0.2) is 11.5 Å². The number of hydrogen-bond donors (Lipinski definition) is 1. The van der Waals surface area contributed by atoms with Crippen LogP contribution in [0.2, 0.25) is 0 Å². The number of likely N-dealkylation sites (tertiary alicyclic amines) is 1. The van der Waals surface area contributed by atoms with E-state index < -0.39 is 0 Å². The molecule has 3 rings (SSSR count). The third-order valence-electron chi connectivity index (χ3n) is 4.52. The molecular weight excluding hydrogens is 264 g/mol. The van der Waals surface area contributed by atoms with E-state index in [1.54, 1.807) is 0 Å². The first kappa shape index (κ1) is 14.5. The first-order valence-corrected chi connectivity index (χ1v) is 7.97. The molecule has 1 N–H and O–H groups in total. The zero-order valence-electron chi connectivity index (χ0n) is 12.7. The van der Waals surface area contributed by atoms with Gasteiger partial charge in [0.25, 0.3) is 0 Å². The fourth-order valence-electron chi connectivity index (χ4n) is 3.14. The molecule has 1 aliphatic rings. The van der Waals surface area contributed by atoms with E-state index in [0.717, 1.165) is 62.3 Å². The lowest BCUT2D eigenvalue weighted by Crippen LogP contribution is -2.37. The Morgan fingerprint density at radius 2 is 2.10 bits per heavy atom. The minimum atomic E-state index is -0.160. The number of rotatable bonds is 5. The van der Waals surface area contributed by atoms with Crippen LogP contribution >= 0.6 is 0 Å². The summed E-state index contributed by atoms with van der Waals surface area (Å²) in [5.74, 6) is 1.33. The maximum atomic E-state index is 9.62. The van der Waals surface area contributed by atoms with Gasteiger partial charge in [0.05, 0.1) is 6.10 Å². The molecule has 1 aliphatic heterocycles. The quantitative estimate of drug-likeness (QED) is 0.919. The fraction of sp³-hybridized carbons (Fsp3) is 0.588. The van der Waals surface area contributed by atoms with Gasteiger partial charge in [0, 0.05) is 6.42 Å². The summed E-state index contributed by atoms with van der Waals surface area (Å²) in [6.45, 7) is 5.20. The van der Waals surface area contributed by atoms with Crippen molar-refractivity contribution in [3.05, 3.63) is 30.2 Å². The van der Waals surface area contributed by atoms with E-state index in [0.29, 0.717) is 5.92 Å². The monoisotopic (exact) mass is 288 g/mol. The van der Waals surface area contributed by atoms with Crippen molar-refractivity contribution < 1.29 is 9.52 Å². The summed E-state index contributed by atoms with van der Waals surface area (Å²) in [4.78, 5) is 7.00. The maximum Gasteiger partial charge on any atom is 0.195 e. The van der Waals surface area contributed by atoms with Gasteiger partial charge in [-0.15, -0.1) is 0 Å². The van der Waals surface area contributed by atoms with Crippen LogP contribution in [0.4, 0.5) is 0 Å². The van der Waals surface area contributed by atoms with Gasteiger partial charge < -0.3 is 14.4 Å². The number of aromatic nitrogens is 1. The van der Waals surface area contributed by atoms with Crippen molar-refractivity contribution in [1.82, 2.24) is 9.88 Å². The fourth-order valence-corrected chi connectivity index (χ4v) is 3.14. The van der Waals surface area contributed by atoms with Gasteiger partial charge in [0.1, 0.15) is 5.52 Å². The summed E-state index contributed by atoms with van der Waals surface area (Å²) in [6, 6.07) is 7.92. The molecule has 4 nitrogen and oxygen atoms in total. The Bertz CT molecular complexity index is 538. The van der Waals surface area contributed by atoms with Crippen molar-refractivity contribution in [3.63, 3.8) is 0 Å².